The van der Waals surface area contributed by atoms with Crippen molar-refractivity contribution in [2.24, 2.45) is 0 Å². The highest BCUT2D eigenvalue weighted by molar-refractivity contribution is 5.85. The van der Waals surface area contributed by atoms with Crippen molar-refractivity contribution in [2.75, 3.05) is 26.7 Å². The van der Waals surface area contributed by atoms with E-state index in [1.165, 1.54) is 16.8 Å². The molecule has 0 radical (unpaired) electrons. The van der Waals surface area contributed by atoms with Gasteiger partial charge in [0.25, 0.3) is 0 Å². The van der Waals surface area contributed by atoms with E-state index in [4.69, 9.17) is 0 Å². The van der Waals surface area contributed by atoms with Gasteiger partial charge < -0.3 is 10.2 Å². The number of nitrogens with one attached hydrogen (secondary N) is 1. The molecule has 0 aromatic carbocycles. The maximum absolute atomic E-state index is 12.7. The fourth-order valence-electron chi connectivity index (χ4n) is 2.99. The van der Waals surface area contributed by atoms with Crippen molar-refractivity contribution in [1.29, 1.82) is 0 Å². The number of carbonyl (C=O) groups excluding carboxylic acids is 2. The molecule has 0 unspecified atom stereocenters. The van der Waals surface area contributed by atoms with Crippen molar-refractivity contribution in [3.05, 3.63) is 0 Å². The molecule has 2 atom stereocenters. The van der Waals surface area contributed by atoms with Crippen molar-refractivity contribution in [1.82, 2.24) is 15.1 Å². The molecule has 0 bridgehead atoms. The van der Waals surface area contributed by atoms with Gasteiger partial charge in [-0.25, -0.2) is 0 Å². The van der Waals surface area contributed by atoms with E-state index in [0.717, 1.165) is 6.42 Å². The number of hydrogen-bond acceptors (Lipinski definition) is 3. The second-order valence-corrected chi connectivity index (χ2v) is 5.76. The highest BCUT2D eigenvalue weighted by Gasteiger charge is 2.44. The molecule has 1 N–H and O–H groups in total. The van der Waals surface area contributed by atoms with Crippen LogP contribution in [0, 0.1) is 0 Å². The van der Waals surface area contributed by atoms with Gasteiger partial charge in [-0.15, -0.1) is 0 Å². The summed E-state index contributed by atoms with van der Waals surface area (Å²) in [6.07, 6.45) is -2.73. The number of hydrogen-bond donors (Lipinski definition) is 1. The number of alkyl halides is 3. The second kappa shape index (κ2) is 6.21. The molecule has 0 spiro atoms. The Hall–Kier alpha value is -1.31. The van der Waals surface area contributed by atoms with Gasteiger partial charge in [-0.2, -0.15) is 13.2 Å². The summed E-state index contributed by atoms with van der Waals surface area (Å²) in [6.45, 7) is 0.749. The van der Waals surface area contributed by atoms with Gasteiger partial charge in [0.05, 0.1) is 6.54 Å². The summed E-state index contributed by atoms with van der Waals surface area (Å²) in [5.74, 6) is -0.336. The first-order chi connectivity index (χ1) is 9.77. The first-order valence-electron chi connectivity index (χ1n) is 7.11. The topological polar surface area (TPSA) is 52.7 Å². The zero-order valence-corrected chi connectivity index (χ0v) is 11.9. The molecule has 2 rings (SSSR count). The Bertz CT molecular complexity index is 414. The maximum atomic E-state index is 12.7. The SMILES string of the molecule is CN1C[C@@H](NC(=O)CN2CCCC2=O)CC[C@H]1C(F)(F)F. The summed E-state index contributed by atoms with van der Waals surface area (Å²) in [7, 11) is 1.42. The highest BCUT2D eigenvalue weighted by Crippen LogP contribution is 2.30. The normalized spacial score (nSPS) is 28.0. The van der Waals surface area contributed by atoms with E-state index in [0.29, 0.717) is 19.4 Å². The van der Waals surface area contributed by atoms with Crippen molar-refractivity contribution in [3.8, 4) is 0 Å². The Labute approximate surface area is 121 Å². The Morgan fingerprint density at radius 1 is 1.38 bits per heavy atom. The Morgan fingerprint density at radius 2 is 2.10 bits per heavy atom. The number of carbonyl (C=O) groups is 2. The van der Waals surface area contributed by atoms with Crippen LogP contribution in [0.1, 0.15) is 25.7 Å². The highest BCUT2D eigenvalue weighted by atomic mass is 19.4. The third-order valence-electron chi connectivity index (χ3n) is 4.08. The Kier molecular flexibility index (Phi) is 4.75. The van der Waals surface area contributed by atoms with E-state index in [2.05, 4.69) is 5.32 Å². The number of piperidine rings is 1. The standard InChI is InChI=1S/C13H20F3N3O2/c1-18-7-9(4-5-10(18)13(14,15)16)17-11(20)8-19-6-2-3-12(19)21/h9-10H,2-8H2,1H3,(H,17,20)/t9-,10-/m0/s1. The number of rotatable bonds is 3. The minimum absolute atomic E-state index is 0.00173. The average molecular weight is 307 g/mol. The number of nitrogens with zero attached hydrogens (tertiary/aromatic N) is 2. The third-order valence-corrected chi connectivity index (χ3v) is 4.08. The third kappa shape index (κ3) is 4.09. The zero-order chi connectivity index (χ0) is 15.6. The number of halogens is 3. The summed E-state index contributed by atoms with van der Waals surface area (Å²) in [5.41, 5.74) is 0. The smallest absolute Gasteiger partial charge is 0.351 e. The molecule has 2 saturated heterocycles. The van der Waals surface area contributed by atoms with E-state index in [9.17, 15) is 22.8 Å². The van der Waals surface area contributed by atoms with Gasteiger partial charge in [0.15, 0.2) is 0 Å². The van der Waals surface area contributed by atoms with E-state index >= 15 is 0 Å². The van der Waals surface area contributed by atoms with Gasteiger partial charge in [0.1, 0.15) is 6.04 Å². The monoisotopic (exact) mass is 307 g/mol. The summed E-state index contributed by atoms with van der Waals surface area (Å²) in [4.78, 5) is 26.0. The van der Waals surface area contributed by atoms with Gasteiger partial charge in [-0.1, -0.05) is 0 Å². The lowest BCUT2D eigenvalue weighted by Gasteiger charge is -2.38. The van der Waals surface area contributed by atoms with Gasteiger partial charge in [-0.05, 0) is 26.3 Å². The van der Waals surface area contributed by atoms with E-state index in [-0.39, 0.29) is 37.4 Å². The van der Waals surface area contributed by atoms with Crippen LogP contribution in [-0.4, -0.2) is 66.6 Å². The van der Waals surface area contributed by atoms with Crippen molar-refractivity contribution in [3.63, 3.8) is 0 Å². The predicted molar refractivity (Wildman–Crippen MR) is 69.5 cm³/mol. The molecule has 0 saturated carbocycles. The van der Waals surface area contributed by atoms with Gasteiger partial charge in [0.2, 0.25) is 11.8 Å². The fourth-order valence-corrected chi connectivity index (χ4v) is 2.99. The molecule has 120 valence electrons. The van der Waals surface area contributed by atoms with E-state index < -0.39 is 12.2 Å². The average Bonchev–Trinajstić information content (AvgIpc) is 2.73. The van der Waals surface area contributed by atoms with Crippen LogP contribution in [0.25, 0.3) is 0 Å². The molecular weight excluding hydrogens is 287 g/mol. The van der Waals surface area contributed by atoms with Gasteiger partial charge in [-0.3, -0.25) is 14.5 Å². The van der Waals surface area contributed by atoms with Crippen LogP contribution in [0.3, 0.4) is 0 Å². The first-order valence-corrected chi connectivity index (χ1v) is 7.11. The summed E-state index contributed by atoms with van der Waals surface area (Å²) >= 11 is 0. The summed E-state index contributed by atoms with van der Waals surface area (Å²) in [6, 6.07) is -1.73. The van der Waals surface area contributed by atoms with Crippen LogP contribution in [-0.2, 0) is 9.59 Å². The van der Waals surface area contributed by atoms with Crippen molar-refractivity contribution in [2.45, 2.75) is 43.9 Å². The molecule has 0 aromatic heterocycles. The van der Waals surface area contributed by atoms with Crippen LogP contribution in [0.5, 0.6) is 0 Å². The number of likely N-dealkylation sites (tertiary alicyclic amines) is 2. The van der Waals surface area contributed by atoms with Gasteiger partial charge in [0, 0.05) is 25.6 Å². The molecule has 2 heterocycles. The quantitative estimate of drug-likeness (QED) is 0.837. The second-order valence-electron chi connectivity index (χ2n) is 5.76. The lowest BCUT2D eigenvalue weighted by Crippen LogP contribution is -2.55. The maximum Gasteiger partial charge on any atom is 0.404 e. The molecule has 2 aliphatic rings. The summed E-state index contributed by atoms with van der Waals surface area (Å²) in [5, 5.41) is 2.73. The lowest BCUT2D eigenvalue weighted by molar-refractivity contribution is -0.188. The van der Waals surface area contributed by atoms with Crippen molar-refractivity contribution < 1.29 is 22.8 Å². The van der Waals surface area contributed by atoms with Crippen LogP contribution in [0.4, 0.5) is 13.2 Å². The van der Waals surface area contributed by atoms with Crippen LogP contribution in [0.2, 0.25) is 0 Å². The van der Waals surface area contributed by atoms with E-state index in [1.54, 1.807) is 0 Å². The Balaban J connectivity index is 1.79. The first kappa shape index (κ1) is 16.1. The molecule has 8 heteroatoms. The molecule has 0 aromatic rings. The lowest BCUT2D eigenvalue weighted by atomic mass is 9.98. The van der Waals surface area contributed by atoms with Crippen LogP contribution in [0.15, 0.2) is 0 Å². The number of amides is 2. The number of likely N-dealkylation sites (N-methyl/N-ethyl adjacent to an activating group) is 1. The minimum Gasteiger partial charge on any atom is -0.351 e. The van der Waals surface area contributed by atoms with Crippen LogP contribution >= 0.6 is 0 Å². The molecule has 2 fully saturated rings. The van der Waals surface area contributed by atoms with Crippen LogP contribution < -0.4 is 5.32 Å². The van der Waals surface area contributed by atoms with Gasteiger partial charge >= 0.3 is 6.18 Å². The zero-order valence-electron chi connectivity index (χ0n) is 11.9. The van der Waals surface area contributed by atoms with E-state index in [1.807, 2.05) is 0 Å². The van der Waals surface area contributed by atoms with Crippen molar-refractivity contribution >= 4 is 11.8 Å². The molecule has 5 nitrogen and oxygen atoms in total. The molecule has 2 amide bonds. The Morgan fingerprint density at radius 3 is 2.62 bits per heavy atom. The molecule has 0 aliphatic carbocycles. The molecular formula is C13H20F3N3O2. The molecule has 2 aliphatic heterocycles. The largest absolute Gasteiger partial charge is 0.404 e. The fraction of sp³-hybridized carbons (Fsp3) is 0.846. The summed E-state index contributed by atoms with van der Waals surface area (Å²) < 4.78 is 38.2. The predicted octanol–water partition coefficient (Wildman–Crippen LogP) is 0.750. The molecule has 21 heavy (non-hydrogen) atoms. The minimum atomic E-state index is -4.23.